The van der Waals surface area contributed by atoms with Gasteiger partial charge in [0.05, 0.1) is 22.6 Å². The first-order chi connectivity index (χ1) is 8.72. The van der Waals surface area contributed by atoms with Crippen molar-refractivity contribution in [2.75, 3.05) is 6.54 Å². The van der Waals surface area contributed by atoms with Gasteiger partial charge < -0.3 is 5.32 Å². The molecule has 0 saturated heterocycles. The van der Waals surface area contributed by atoms with Crippen LogP contribution < -0.4 is 5.32 Å². The standard InChI is InChI=1S/C12H14ClFN4/c1-2-5-15-7-10-8-16-17-18(10)12-4-3-9(14)6-11(12)13/h3-4,6,8,15H,2,5,7H2,1H3. The fourth-order valence-electron chi connectivity index (χ4n) is 1.63. The number of nitrogens with zero attached hydrogens (tertiary/aromatic N) is 3. The average Bonchev–Trinajstić information content (AvgIpc) is 2.78. The van der Waals surface area contributed by atoms with Gasteiger partial charge in [0.25, 0.3) is 0 Å². The largest absolute Gasteiger partial charge is 0.311 e. The zero-order valence-corrected chi connectivity index (χ0v) is 10.8. The lowest BCUT2D eigenvalue weighted by atomic mass is 10.3. The summed E-state index contributed by atoms with van der Waals surface area (Å²) in [7, 11) is 0. The molecule has 0 spiro atoms. The minimum absolute atomic E-state index is 0.317. The van der Waals surface area contributed by atoms with Gasteiger partial charge in [0.2, 0.25) is 0 Å². The van der Waals surface area contributed by atoms with Crippen LogP contribution in [0.5, 0.6) is 0 Å². The molecule has 2 aromatic rings. The van der Waals surface area contributed by atoms with Gasteiger partial charge in [-0.3, -0.25) is 0 Å². The first kappa shape index (κ1) is 13.0. The predicted molar refractivity (Wildman–Crippen MR) is 68.3 cm³/mol. The fraction of sp³-hybridized carbons (Fsp3) is 0.333. The van der Waals surface area contributed by atoms with E-state index in [4.69, 9.17) is 11.6 Å². The molecule has 0 atom stereocenters. The van der Waals surface area contributed by atoms with Crippen LogP contribution in [-0.2, 0) is 6.54 Å². The van der Waals surface area contributed by atoms with Crippen molar-refractivity contribution in [2.24, 2.45) is 0 Å². The molecule has 6 heteroatoms. The van der Waals surface area contributed by atoms with E-state index in [9.17, 15) is 4.39 Å². The fourth-order valence-corrected chi connectivity index (χ4v) is 1.87. The number of hydrogen-bond donors (Lipinski definition) is 1. The van der Waals surface area contributed by atoms with Gasteiger partial charge in [0.15, 0.2) is 0 Å². The van der Waals surface area contributed by atoms with Crippen molar-refractivity contribution in [1.29, 1.82) is 0 Å². The Balaban J connectivity index is 2.25. The van der Waals surface area contributed by atoms with Gasteiger partial charge in [-0.2, -0.15) is 0 Å². The van der Waals surface area contributed by atoms with Gasteiger partial charge in [-0.25, -0.2) is 9.07 Å². The van der Waals surface area contributed by atoms with Crippen molar-refractivity contribution >= 4 is 11.6 Å². The highest BCUT2D eigenvalue weighted by Gasteiger charge is 2.10. The van der Waals surface area contributed by atoms with Gasteiger partial charge in [0.1, 0.15) is 5.82 Å². The summed E-state index contributed by atoms with van der Waals surface area (Å²) in [6.45, 7) is 3.66. The van der Waals surface area contributed by atoms with E-state index in [2.05, 4.69) is 22.6 Å². The van der Waals surface area contributed by atoms with Crippen molar-refractivity contribution in [1.82, 2.24) is 20.3 Å². The van der Waals surface area contributed by atoms with Crippen molar-refractivity contribution in [3.8, 4) is 5.69 Å². The molecule has 0 radical (unpaired) electrons. The van der Waals surface area contributed by atoms with Crippen molar-refractivity contribution in [3.63, 3.8) is 0 Å². The summed E-state index contributed by atoms with van der Waals surface area (Å²) < 4.78 is 14.6. The molecule has 4 nitrogen and oxygen atoms in total. The third-order valence-electron chi connectivity index (χ3n) is 2.49. The minimum atomic E-state index is -0.366. The van der Waals surface area contributed by atoms with Crippen LogP contribution in [0.15, 0.2) is 24.4 Å². The Bertz CT molecular complexity index is 527. The van der Waals surface area contributed by atoms with Crippen LogP contribution >= 0.6 is 11.6 Å². The maximum absolute atomic E-state index is 13.0. The van der Waals surface area contributed by atoms with Crippen LogP contribution in [0, 0.1) is 5.82 Å². The number of halogens is 2. The van der Waals surface area contributed by atoms with Gasteiger partial charge >= 0.3 is 0 Å². The summed E-state index contributed by atoms with van der Waals surface area (Å²) >= 11 is 6.01. The number of aromatic nitrogens is 3. The predicted octanol–water partition coefficient (Wildman–Crippen LogP) is 2.56. The molecule has 0 fully saturated rings. The van der Waals surface area contributed by atoms with Crippen LogP contribution in [0.3, 0.4) is 0 Å². The normalized spacial score (nSPS) is 10.8. The molecule has 18 heavy (non-hydrogen) atoms. The zero-order chi connectivity index (χ0) is 13.0. The van der Waals surface area contributed by atoms with E-state index in [0.717, 1.165) is 18.7 Å². The summed E-state index contributed by atoms with van der Waals surface area (Å²) in [4.78, 5) is 0. The highest BCUT2D eigenvalue weighted by atomic mass is 35.5. The molecular formula is C12H14ClFN4. The lowest BCUT2D eigenvalue weighted by Crippen LogP contribution is -2.17. The van der Waals surface area contributed by atoms with Gasteiger partial charge in [-0.05, 0) is 31.2 Å². The summed E-state index contributed by atoms with van der Waals surface area (Å²) in [6.07, 6.45) is 2.72. The number of benzene rings is 1. The summed E-state index contributed by atoms with van der Waals surface area (Å²) in [5.41, 5.74) is 1.51. The maximum Gasteiger partial charge on any atom is 0.124 e. The smallest absolute Gasteiger partial charge is 0.124 e. The molecule has 0 aliphatic heterocycles. The molecule has 1 N–H and O–H groups in total. The van der Waals surface area contributed by atoms with Crippen LogP contribution in [0.4, 0.5) is 4.39 Å². The third-order valence-corrected chi connectivity index (χ3v) is 2.79. The molecule has 0 aliphatic rings. The first-order valence-electron chi connectivity index (χ1n) is 5.78. The molecule has 1 heterocycles. The lowest BCUT2D eigenvalue weighted by Gasteiger charge is -2.08. The highest BCUT2D eigenvalue weighted by Crippen LogP contribution is 2.21. The second-order valence-electron chi connectivity index (χ2n) is 3.91. The first-order valence-corrected chi connectivity index (χ1v) is 6.16. The molecular weight excluding hydrogens is 255 g/mol. The van der Waals surface area contributed by atoms with Crippen LogP contribution in [0.1, 0.15) is 19.0 Å². The maximum atomic E-state index is 13.0. The van der Waals surface area contributed by atoms with E-state index < -0.39 is 0 Å². The third kappa shape index (κ3) is 2.86. The zero-order valence-electron chi connectivity index (χ0n) is 10.0. The molecule has 0 unspecified atom stereocenters. The van der Waals surface area contributed by atoms with Crippen molar-refractivity contribution in [2.45, 2.75) is 19.9 Å². The molecule has 1 aromatic carbocycles. The molecule has 2 rings (SSSR count). The summed E-state index contributed by atoms with van der Waals surface area (Å²) in [5.74, 6) is -0.366. The van der Waals surface area contributed by atoms with E-state index in [1.807, 2.05) is 0 Å². The second-order valence-corrected chi connectivity index (χ2v) is 4.32. The Morgan fingerprint density at radius 1 is 1.44 bits per heavy atom. The summed E-state index contributed by atoms with van der Waals surface area (Å²) in [6, 6.07) is 4.21. The SMILES string of the molecule is CCCNCc1cnnn1-c1ccc(F)cc1Cl. The monoisotopic (exact) mass is 268 g/mol. The van der Waals surface area contributed by atoms with Crippen molar-refractivity contribution < 1.29 is 4.39 Å². The van der Waals surface area contributed by atoms with Crippen LogP contribution in [-0.4, -0.2) is 21.5 Å². The molecule has 0 bridgehead atoms. The number of nitrogens with one attached hydrogen (secondary N) is 1. The minimum Gasteiger partial charge on any atom is -0.311 e. The van der Waals surface area contributed by atoms with E-state index >= 15 is 0 Å². The Hall–Kier alpha value is -1.46. The molecule has 0 aliphatic carbocycles. The molecule has 96 valence electrons. The Morgan fingerprint density at radius 3 is 3.00 bits per heavy atom. The highest BCUT2D eigenvalue weighted by molar-refractivity contribution is 6.32. The van der Waals surface area contributed by atoms with Gasteiger partial charge in [-0.1, -0.05) is 23.7 Å². The number of rotatable bonds is 5. The van der Waals surface area contributed by atoms with E-state index in [1.165, 1.54) is 12.1 Å². The second kappa shape index (κ2) is 5.93. The molecule has 0 amide bonds. The Morgan fingerprint density at radius 2 is 2.28 bits per heavy atom. The topological polar surface area (TPSA) is 42.7 Å². The van der Waals surface area contributed by atoms with E-state index in [-0.39, 0.29) is 5.82 Å². The molecule has 0 saturated carbocycles. The summed E-state index contributed by atoms with van der Waals surface area (Å²) in [5, 5.41) is 11.4. The Labute approximate surface area is 110 Å². The van der Waals surface area contributed by atoms with Crippen LogP contribution in [0.2, 0.25) is 5.02 Å². The quantitative estimate of drug-likeness (QED) is 0.848. The molecule has 1 aromatic heterocycles. The van der Waals surface area contributed by atoms with Crippen molar-refractivity contribution in [3.05, 3.63) is 40.9 Å². The Kier molecular flexibility index (Phi) is 4.28. The van der Waals surface area contributed by atoms with Gasteiger partial charge in [0, 0.05) is 6.54 Å². The lowest BCUT2D eigenvalue weighted by molar-refractivity contribution is 0.624. The van der Waals surface area contributed by atoms with E-state index in [1.54, 1.807) is 16.9 Å². The number of hydrogen-bond acceptors (Lipinski definition) is 3. The average molecular weight is 269 g/mol. The van der Waals surface area contributed by atoms with E-state index in [0.29, 0.717) is 17.3 Å². The van der Waals surface area contributed by atoms with Gasteiger partial charge in [-0.15, -0.1) is 5.10 Å². The van der Waals surface area contributed by atoms with Crippen LogP contribution in [0.25, 0.3) is 5.69 Å².